The average molecular weight is 302 g/mol. The van der Waals surface area contributed by atoms with Crippen LogP contribution in [-0.2, 0) is 9.53 Å². The topological polar surface area (TPSA) is 67.6 Å². The zero-order valence-electron chi connectivity index (χ0n) is 11.1. The zero-order chi connectivity index (χ0) is 12.0. The summed E-state index contributed by atoms with van der Waals surface area (Å²) in [6, 6.07) is -0.548. The summed E-state index contributed by atoms with van der Waals surface area (Å²) in [7, 11) is 1.54. The second-order valence-electron chi connectivity index (χ2n) is 4.35. The minimum absolute atomic E-state index is 0. The minimum Gasteiger partial charge on any atom is -0.383 e. The molecule has 0 radical (unpaired) electrons. The van der Waals surface area contributed by atoms with Crippen LogP contribution in [0.25, 0.3) is 0 Å². The van der Waals surface area contributed by atoms with Crippen molar-refractivity contribution in [2.45, 2.75) is 19.4 Å². The van der Waals surface area contributed by atoms with Crippen molar-refractivity contribution in [2.24, 2.45) is 11.7 Å². The quantitative estimate of drug-likeness (QED) is 0.739. The number of nitrogens with one attached hydrogen (secondary N) is 1. The molecule has 1 heterocycles. The normalized spacial score (nSPS) is 20.7. The van der Waals surface area contributed by atoms with Crippen LogP contribution in [-0.4, -0.2) is 56.7 Å². The summed E-state index contributed by atoms with van der Waals surface area (Å²) >= 11 is 0. The van der Waals surface area contributed by atoms with E-state index in [0.717, 1.165) is 32.6 Å². The molecule has 1 saturated heterocycles. The van der Waals surface area contributed by atoms with Crippen LogP contribution in [0, 0.1) is 5.92 Å². The maximum Gasteiger partial charge on any atom is 0.239 e. The first-order chi connectivity index (χ1) is 7.67. The number of carbonyl (C=O) groups is 1. The first-order valence-electron chi connectivity index (χ1n) is 5.92. The van der Waals surface area contributed by atoms with E-state index in [4.69, 9.17) is 10.5 Å². The highest BCUT2D eigenvalue weighted by atomic mass is 35.5. The van der Waals surface area contributed by atoms with E-state index in [1.807, 2.05) is 0 Å². The van der Waals surface area contributed by atoms with Gasteiger partial charge in [-0.25, -0.2) is 0 Å². The van der Waals surface area contributed by atoms with Gasteiger partial charge < -0.3 is 20.7 Å². The van der Waals surface area contributed by atoms with Gasteiger partial charge in [-0.15, -0.1) is 24.8 Å². The second kappa shape index (κ2) is 10.8. The second-order valence-corrected chi connectivity index (χ2v) is 4.35. The number of methoxy groups -OCH3 is 1. The third-order valence-corrected chi connectivity index (χ3v) is 3.07. The fraction of sp³-hybridized carbons (Fsp3) is 0.909. The van der Waals surface area contributed by atoms with Gasteiger partial charge in [0, 0.05) is 20.2 Å². The highest BCUT2D eigenvalue weighted by molar-refractivity contribution is 5.85. The Hall–Kier alpha value is -0.0700. The Kier molecular flexibility index (Phi) is 12.2. The molecule has 110 valence electrons. The molecule has 0 saturated carbocycles. The van der Waals surface area contributed by atoms with Crippen molar-refractivity contribution in [1.82, 2.24) is 10.2 Å². The number of hydrogen-bond donors (Lipinski definition) is 2. The summed E-state index contributed by atoms with van der Waals surface area (Å²) in [6.45, 7) is 6.48. The van der Waals surface area contributed by atoms with Gasteiger partial charge in [0.1, 0.15) is 6.04 Å². The summed E-state index contributed by atoms with van der Waals surface area (Å²) < 4.78 is 4.84. The van der Waals surface area contributed by atoms with E-state index < -0.39 is 6.04 Å². The molecular weight excluding hydrogens is 277 g/mol. The molecule has 0 spiro atoms. The molecule has 1 amide bonds. The predicted molar refractivity (Wildman–Crippen MR) is 77.6 cm³/mol. The van der Waals surface area contributed by atoms with E-state index in [-0.39, 0.29) is 37.3 Å². The van der Waals surface area contributed by atoms with Gasteiger partial charge in [0.2, 0.25) is 5.91 Å². The number of halogens is 2. The van der Waals surface area contributed by atoms with Crippen LogP contribution in [0.2, 0.25) is 0 Å². The maximum atomic E-state index is 11.5. The minimum atomic E-state index is -0.548. The first kappa shape index (κ1) is 20.3. The Morgan fingerprint density at radius 3 is 2.72 bits per heavy atom. The van der Waals surface area contributed by atoms with Crippen molar-refractivity contribution < 1.29 is 9.53 Å². The standard InChI is InChI=1S/C11H23N3O2.2ClH/c1-3-14-5-4-9(7-14)6-13-11(15)10(12)8-16-2;;/h9-10H,3-8,12H2,1-2H3,(H,13,15);2*1H. The van der Waals surface area contributed by atoms with Gasteiger partial charge in [-0.1, -0.05) is 6.92 Å². The maximum absolute atomic E-state index is 11.5. The molecule has 5 nitrogen and oxygen atoms in total. The fourth-order valence-corrected chi connectivity index (χ4v) is 2.00. The Balaban J connectivity index is 0. The number of nitrogens with two attached hydrogens (primary N) is 1. The van der Waals surface area contributed by atoms with Crippen LogP contribution < -0.4 is 11.1 Å². The third-order valence-electron chi connectivity index (χ3n) is 3.07. The van der Waals surface area contributed by atoms with Gasteiger partial charge in [-0.2, -0.15) is 0 Å². The van der Waals surface area contributed by atoms with Crippen molar-refractivity contribution in [3.8, 4) is 0 Å². The molecule has 0 aromatic heterocycles. The summed E-state index contributed by atoms with van der Waals surface area (Å²) in [5, 5.41) is 2.88. The van der Waals surface area contributed by atoms with Crippen molar-refractivity contribution >= 4 is 30.7 Å². The molecule has 2 atom stereocenters. The SMILES string of the molecule is CCN1CCC(CNC(=O)C(N)COC)C1.Cl.Cl. The smallest absolute Gasteiger partial charge is 0.239 e. The van der Waals surface area contributed by atoms with Crippen molar-refractivity contribution in [3.63, 3.8) is 0 Å². The number of amides is 1. The summed E-state index contributed by atoms with van der Waals surface area (Å²) in [4.78, 5) is 13.9. The van der Waals surface area contributed by atoms with Crippen LogP contribution in [0.4, 0.5) is 0 Å². The van der Waals surface area contributed by atoms with Gasteiger partial charge in [-0.05, 0) is 25.4 Å². The van der Waals surface area contributed by atoms with Crippen LogP contribution in [0.1, 0.15) is 13.3 Å². The Bertz CT molecular complexity index is 232. The van der Waals surface area contributed by atoms with E-state index in [0.29, 0.717) is 5.92 Å². The fourth-order valence-electron chi connectivity index (χ4n) is 2.00. The zero-order valence-corrected chi connectivity index (χ0v) is 12.7. The molecule has 1 fully saturated rings. The van der Waals surface area contributed by atoms with Crippen molar-refractivity contribution in [3.05, 3.63) is 0 Å². The molecule has 3 N–H and O–H groups in total. The first-order valence-corrected chi connectivity index (χ1v) is 5.92. The molecule has 1 aliphatic heterocycles. The lowest BCUT2D eigenvalue weighted by Crippen LogP contribution is -2.45. The number of rotatable bonds is 6. The van der Waals surface area contributed by atoms with E-state index in [1.54, 1.807) is 7.11 Å². The molecule has 1 rings (SSSR count). The van der Waals surface area contributed by atoms with Crippen molar-refractivity contribution in [2.75, 3.05) is 39.9 Å². The molecule has 2 unspecified atom stereocenters. The molecule has 0 aliphatic carbocycles. The van der Waals surface area contributed by atoms with Crippen LogP contribution in [0.5, 0.6) is 0 Å². The number of ether oxygens (including phenoxy) is 1. The highest BCUT2D eigenvalue weighted by Gasteiger charge is 2.22. The Morgan fingerprint density at radius 2 is 2.22 bits per heavy atom. The van der Waals surface area contributed by atoms with Crippen molar-refractivity contribution in [1.29, 1.82) is 0 Å². The summed E-state index contributed by atoms with van der Waals surface area (Å²) in [6.07, 6.45) is 1.16. The number of nitrogens with zero attached hydrogens (tertiary/aromatic N) is 1. The van der Waals surface area contributed by atoms with E-state index in [2.05, 4.69) is 17.1 Å². The lowest BCUT2D eigenvalue weighted by Gasteiger charge is -2.15. The summed E-state index contributed by atoms with van der Waals surface area (Å²) in [5.74, 6) is 0.454. The van der Waals surface area contributed by atoms with Gasteiger partial charge in [0.25, 0.3) is 0 Å². The van der Waals surface area contributed by atoms with Gasteiger partial charge in [0.15, 0.2) is 0 Å². The Labute approximate surface area is 122 Å². The average Bonchev–Trinajstić information content (AvgIpc) is 2.74. The number of likely N-dealkylation sites (tertiary alicyclic amines) is 1. The molecular formula is C11H25Cl2N3O2. The highest BCUT2D eigenvalue weighted by Crippen LogP contribution is 2.14. The Morgan fingerprint density at radius 1 is 1.56 bits per heavy atom. The van der Waals surface area contributed by atoms with Crippen LogP contribution in [0.15, 0.2) is 0 Å². The van der Waals surface area contributed by atoms with E-state index in [1.165, 1.54) is 0 Å². The monoisotopic (exact) mass is 301 g/mol. The molecule has 7 heteroatoms. The third kappa shape index (κ3) is 6.75. The number of carbonyl (C=O) groups excluding carboxylic acids is 1. The van der Waals surface area contributed by atoms with Crippen LogP contribution in [0.3, 0.4) is 0 Å². The van der Waals surface area contributed by atoms with E-state index >= 15 is 0 Å². The van der Waals surface area contributed by atoms with Gasteiger partial charge >= 0.3 is 0 Å². The molecule has 1 aliphatic rings. The molecule has 0 aromatic rings. The molecule has 0 aromatic carbocycles. The van der Waals surface area contributed by atoms with E-state index in [9.17, 15) is 4.79 Å². The number of hydrogen-bond acceptors (Lipinski definition) is 4. The molecule has 18 heavy (non-hydrogen) atoms. The summed E-state index contributed by atoms with van der Waals surface area (Å²) in [5.41, 5.74) is 5.62. The van der Waals surface area contributed by atoms with Crippen LogP contribution >= 0.6 is 24.8 Å². The van der Waals surface area contributed by atoms with Gasteiger partial charge in [-0.3, -0.25) is 4.79 Å². The lowest BCUT2D eigenvalue weighted by atomic mass is 10.1. The molecule has 0 bridgehead atoms. The largest absolute Gasteiger partial charge is 0.383 e. The predicted octanol–water partition coefficient (Wildman–Crippen LogP) is 0.262. The lowest BCUT2D eigenvalue weighted by molar-refractivity contribution is -0.123. The van der Waals surface area contributed by atoms with Gasteiger partial charge in [0.05, 0.1) is 6.61 Å².